The molecule has 1 fully saturated rings. The van der Waals surface area contributed by atoms with E-state index in [0.717, 1.165) is 25.7 Å². The van der Waals surface area contributed by atoms with Gasteiger partial charge in [0, 0.05) is 19.1 Å². The maximum absolute atomic E-state index is 12.2. The Labute approximate surface area is 120 Å². The second-order valence-corrected chi connectivity index (χ2v) is 5.12. The third-order valence-corrected chi connectivity index (χ3v) is 3.63. The quantitative estimate of drug-likeness (QED) is 0.580. The Morgan fingerprint density at radius 1 is 1.15 bits per heavy atom. The number of nitrogens with zero attached hydrogens (tertiary/aromatic N) is 1. The van der Waals surface area contributed by atoms with Crippen molar-refractivity contribution in [1.29, 1.82) is 0 Å². The zero-order valence-electron chi connectivity index (χ0n) is 11.9. The lowest BCUT2D eigenvalue weighted by Gasteiger charge is -2.27. The minimum atomic E-state index is -0.823. The summed E-state index contributed by atoms with van der Waals surface area (Å²) < 4.78 is 0. The molecule has 0 radical (unpaired) electrons. The number of urea groups is 1. The van der Waals surface area contributed by atoms with Crippen molar-refractivity contribution < 1.29 is 14.7 Å². The van der Waals surface area contributed by atoms with E-state index >= 15 is 0 Å². The fraction of sp³-hybridized carbons (Fsp3) is 0.600. The van der Waals surface area contributed by atoms with Gasteiger partial charge < -0.3 is 15.3 Å². The van der Waals surface area contributed by atoms with Crippen LogP contribution in [0.5, 0.6) is 0 Å². The lowest BCUT2D eigenvalue weighted by atomic mass is 9.95. The molecular weight excluding hydrogens is 256 g/mol. The summed E-state index contributed by atoms with van der Waals surface area (Å²) in [6, 6.07) is -0.539. The number of carboxylic acids is 1. The second-order valence-electron chi connectivity index (χ2n) is 5.12. The zero-order chi connectivity index (χ0) is 15.0. The van der Waals surface area contributed by atoms with Gasteiger partial charge in [0.2, 0.25) is 0 Å². The Morgan fingerprint density at radius 3 is 2.30 bits per heavy atom. The molecule has 0 saturated heterocycles. The molecule has 0 aromatic carbocycles. The highest BCUT2D eigenvalue weighted by Crippen LogP contribution is 2.24. The number of carbonyl (C=O) groups excluding carboxylic acids is 1. The molecule has 0 aromatic rings. The molecule has 2 amide bonds. The van der Waals surface area contributed by atoms with Crippen LogP contribution in [0.15, 0.2) is 25.3 Å². The van der Waals surface area contributed by atoms with E-state index < -0.39 is 11.9 Å². The first kappa shape index (κ1) is 16.3. The van der Waals surface area contributed by atoms with Crippen LogP contribution < -0.4 is 5.32 Å². The van der Waals surface area contributed by atoms with Gasteiger partial charge in [-0.25, -0.2) is 4.79 Å². The molecule has 1 saturated carbocycles. The largest absolute Gasteiger partial charge is 0.481 e. The molecule has 0 aromatic heterocycles. The molecule has 0 heterocycles. The summed E-state index contributed by atoms with van der Waals surface area (Å²) in [5.74, 6) is -1.31. The smallest absolute Gasteiger partial charge is 0.318 e. The van der Waals surface area contributed by atoms with Crippen molar-refractivity contribution in [2.45, 2.75) is 38.1 Å². The number of carbonyl (C=O) groups is 2. The van der Waals surface area contributed by atoms with Crippen LogP contribution in [0.3, 0.4) is 0 Å². The van der Waals surface area contributed by atoms with Crippen molar-refractivity contribution in [3.8, 4) is 0 Å². The first-order valence-electron chi connectivity index (χ1n) is 7.10. The first-order chi connectivity index (χ1) is 9.60. The van der Waals surface area contributed by atoms with Crippen molar-refractivity contribution in [3.05, 3.63) is 25.3 Å². The minimum Gasteiger partial charge on any atom is -0.481 e. The predicted octanol–water partition coefficient (Wildman–Crippen LogP) is 2.40. The molecule has 20 heavy (non-hydrogen) atoms. The molecule has 0 spiro atoms. The minimum absolute atomic E-state index is 0.247. The van der Waals surface area contributed by atoms with Gasteiger partial charge in [-0.2, -0.15) is 0 Å². The highest BCUT2D eigenvalue weighted by atomic mass is 16.4. The Morgan fingerprint density at radius 2 is 1.75 bits per heavy atom. The zero-order valence-corrected chi connectivity index (χ0v) is 11.9. The average Bonchev–Trinajstić information content (AvgIpc) is 2.64. The second kappa shape index (κ2) is 8.40. The number of aliphatic carboxylic acids is 1. The molecule has 5 nitrogen and oxygen atoms in total. The van der Waals surface area contributed by atoms with Crippen LogP contribution in [0.4, 0.5) is 4.79 Å². The summed E-state index contributed by atoms with van der Waals surface area (Å²) in [7, 11) is 0. The van der Waals surface area contributed by atoms with E-state index in [1.165, 1.54) is 0 Å². The molecule has 5 heteroatoms. The highest BCUT2D eigenvalue weighted by Gasteiger charge is 2.31. The van der Waals surface area contributed by atoms with E-state index in [0.29, 0.717) is 19.5 Å². The van der Waals surface area contributed by atoms with E-state index in [1.807, 2.05) is 0 Å². The Hall–Kier alpha value is -1.78. The summed E-state index contributed by atoms with van der Waals surface area (Å²) >= 11 is 0. The maximum Gasteiger partial charge on any atom is 0.318 e. The monoisotopic (exact) mass is 280 g/mol. The van der Waals surface area contributed by atoms with Crippen LogP contribution in [-0.4, -0.2) is 41.1 Å². The van der Waals surface area contributed by atoms with E-state index in [9.17, 15) is 14.7 Å². The third kappa shape index (κ3) is 4.72. The normalized spacial score (nSPS) is 22.4. The highest BCUT2D eigenvalue weighted by molar-refractivity contribution is 5.77. The fourth-order valence-electron chi connectivity index (χ4n) is 2.58. The van der Waals surface area contributed by atoms with Gasteiger partial charge in [0.15, 0.2) is 0 Å². The molecule has 0 bridgehead atoms. The Kier molecular flexibility index (Phi) is 6.84. The molecule has 0 aliphatic heterocycles. The summed E-state index contributed by atoms with van der Waals surface area (Å²) in [6.07, 6.45) is 7.53. The molecule has 1 aliphatic carbocycles. The molecule has 1 rings (SSSR count). The third-order valence-electron chi connectivity index (χ3n) is 3.63. The Bertz CT molecular complexity index is 358. The van der Waals surface area contributed by atoms with Crippen molar-refractivity contribution in [1.82, 2.24) is 10.2 Å². The summed E-state index contributed by atoms with van der Waals surface area (Å²) in [5, 5.41) is 12.2. The number of amides is 2. The number of rotatable bonds is 6. The van der Waals surface area contributed by atoms with E-state index in [2.05, 4.69) is 18.5 Å². The molecular formula is C15H24N2O3. The Balaban J connectivity index is 2.70. The first-order valence-corrected chi connectivity index (χ1v) is 7.10. The van der Waals surface area contributed by atoms with E-state index in [4.69, 9.17) is 0 Å². The standard InChI is InChI=1S/C15H24N2O3/c1-3-10-17(11-4-2)15(20)16-13-9-7-5-6-8-12(13)14(18)19/h3-4,12-13H,1-2,5-11H2,(H,16,20)(H,18,19). The number of nitrogens with one attached hydrogen (secondary N) is 1. The van der Waals surface area contributed by atoms with Crippen LogP contribution in [0.25, 0.3) is 0 Å². The number of carboxylic acid groups (broad SMARTS) is 1. The molecule has 2 atom stereocenters. The van der Waals surface area contributed by atoms with Gasteiger partial charge in [-0.1, -0.05) is 31.4 Å². The fourth-order valence-corrected chi connectivity index (χ4v) is 2.58. The van der Waals surface area contributed by atoms with Gasteiger partial charge >= 0.3 is 12.0 Å². The van der Waals surface area contributed by atoms with Gasteiger partial charge in [0.1, 0.15) is 0 Å². The van der Waals surface area contributed by atoms with E-state index in [-0.39, 0.29) is 12.1 Å². The number of hydrogen-bond acceptors (Lipinski definition) is 2. The van der Waals surface area contributed by atoms with Gasteiger partial charge in [0.25, 0.3) is 0 Å². The van der Waals surface area contributed by atoms with Crippen LogP contribution >= 0.6 is 0 Å². The SMILES string of the molecule is C=CCN(CC=C)C(=O)NC1CCCCCC1C(=O)O. The van der Waals surface area contributed by atoms with Crippen molar-refractivity contribution in [3.63, 3.8) is 0 Å². The van der Waals surface area contributed by atoms with Crippen LogP contribution in [0.1, 0.15) is 32.1 Å². The van der Waals surface area contributed by atoms with Gasteiger partial charge in [-0.15, -0.1) is 13.2 Å². The van der Waals surface area contributed by atoms with Crippen molar-refractivity contribution in [2.75, 3.05) is 13.1 Å². The van der Waals surface area contributed by atoms with Gasteiger partial charge in [-0.05, 0) is 12.8 Å². The van der Waals surface area contributed by atoms with Crippen LogP contribution in [-0.2, 0) is 4.79 Å². The predicted molar refractivity (Wildman–Crippen MR) is 78.5 cm³/mol. The summed E-state index contributed by atoms with van der Waals surface area (Å²) in [5.41, 5.74) is 0. The maximum atomic E-state index is 12.2. The van der Waals surface area contributed by atoms with E-state index in [1.54, 1.807) is 17.1 Å². The molecule has 2 N–H and O–H groups in total. The van der Waals surface area contributed by atoms with Crippen molar-refractivity contribution in [2.24, 2.45) is 5.92 Å². The molecule has 112 valence electrons. The lowest BCUT2D eigenvalue weighted by molar-refractivity contribution is -0.142. The molecule has 2 unspecified atom stereocenters. The summed E-state index contributed by atoms with van der Waals surface area (Å²) in [6.45, 7) is 8.08. The van der Waals surface area contributed by atoms with Crippen molar-refractivity contribution >= 4 is 12.0 Å². The van der Waals surface area contributed by atoms with Crippen LogP contribution in [0, 0.1) is 5.92 Å². The van der Waals surface area contributed by atoms with Gasteiger partial charge in [-0.3, -0.25) is 4.79 Å². The lowest BCUT2D eigenvalue weighted by Crippen LogP contribution is -2.49. The topological polar surface area (TPSA) is 69.6 Å². The van der Waals surface area contributed by atoms with Gasteiger partial charge in [0.05, 0.1) is 5.92 Å². The van der Waals surface area contributed by atoms with Crippen LogP contribution in [0.2, 0.25) is 0 Å². The summed E-state index contributed by atoms with van der Waals surface area (Å²) in [4.78, 5) is 25.1. The molecule has 1 aliphatic rings. The average molecular weight is 280 g/mol. The number of hydrogen-bond donors (Lipinski definition) is 2.